The SMILES string of the molecule is CC#Cc1ccc(C(=O)OC)c2[nH]ncc12. The predicted molar refractivity (Wildman–Crippen MR) is 60.0 cm³/mol. The van der Waals surface area contributed by atoms with Gasteiger partial charge in [0.1, 0.15) is 0 Å². The number of carbonyl (C=O) groups excluding carboxylic acids is 1. The maximum absolute atomic E-state index is 11.5. The van der Waals surface area contributed by atoms with Gasteiger partial charge in [-0.3, -0.25) is 5.10 Å². The first-order valence-electron chi connectivity index (χ1n) is 4.75. The molecule has 0 aliphatic rings. The van der Waals surface area contributed by atoms with Crippen LogP contribution in [0.25, 0.3) is 10.9 Å². The number of esters is 1. The van der Waals surface area contributed by atoms with Crippen molar-refractivity contribution in [3.63, 3.8) is 0 Å². The highest BCUT2D eigenvalue weighted by atomic mass is 16.5. The maximum atomic E-state index is 11.5. The molecule has 2 aromatic rings. The first kappa shape index (κ1) is 10.2. The summed E-state index contributed by atoms with van der Waals surface area (Å²) in [6.07, 6.45) is 1.65. The van der Waals surface area contributed by atoms with Gasteiger partial charge in [0.15, 0.2) is 0 Å². The molecule has 2 rings (SSSR count). The lowest BCUT2D eigenvalue weighted by Crippen LogP contribution is -2.02. The molecule has 16 heavy (non-hydrogen) atoms. The van der Waals surface area contributed by atoms with E-state index in [1.165, 1.54) is 7.11 Å². The molecule has 4 heteroatoms. The molecule has 0 saturated heterocycles. The molecule has 0 amide bonds. The van der Waals surface area contributed by atoms with E-state index in [-0.39, 0.29) is 5.97 Å². The number of hydrogen-bond donors (Lipinski definition) is 1. The number of nitrogens with one attached hydrogen (secondary N) is 1. The molecule has 80 valence electrons. The second kappa shape index (κ2) is 4.07. The Balaban J connectivity index is 2.71. The van der Waals surface area contributed by atoms with Gasteiger partial charge >= 0.3 is 5.97 Å². The highest BCUT2D eigenvalue weighted by molar-refractivity contribution is 6.04. The number of fused-ring (bicyclic) bond motifs is 1. The summed E-state index contributed by atoms with van der Waals surface area (Å²) in [7, 11) is 1.35. The Hall–Kier alpha value is -2.28. The van der Waals surface area contributed by atoms with Crippen molar-refractivity contribution in [3.8, 4) is 11.8 Å². The standard InChI is InChI=1S/C12H10N2O2/c1-3-4-8-5-6-9(12(15)16-2)11-10(8)7-13-14-11/h5-7H,1-2H3,(H,13,14). The summed E-state index contributed by atoms with van der Waals surface area (Å²) >= 11 is 0. The van der Waals surface area contributed by atoms with E-state index in [0.29, 0.717) is 11.1 Å². The smallest absolute Gasteiger partial charge is 0.340 e. The number of rotatable bonds is 1. The van der Waals surface area contributed by atoms with Crippen molar-refractivity contribution in [2.45, 2.75) is 6.92 Å². The lowest BCUT2D eigenvalue weighted by atomic mass is 10.1. The lowest BCUT2D eigenvalue weighted by Gasteiger charge is -2.01. The predicted octanol–water partition coefficient (Wildman–Crippen LogP) is 1.72. The van der Waals surface area contributed by atoms with Gasteiger partial charge in [-0.1, -0.05) is 5.92 Å². The number of aromatic nitrogens is 2. The Morgan fingerprint density at radius 3 is 3.00 bits per heavy atom. The van der Waals surface area contributed by atoms with Crippen LogP contribution in [0.1, 0.15) is 22.8 Å². The van der Waals surface area contributed by atoms with Crippen molar-refractivity contribution >= 4 is 16.9 Å². The zero-order chi connectivity index (χ0) is 11.5. The van der Waals surface area contributed by atoms with Crippen molar-refractivity contribution in [3.05, 3.63) is 29.5 Å². The van der Waals surface area contributed by atoms with Crippen LogP contribution in [-0.4, -0.2) is 23.3 Å². The second-order valence-corrected chi connectivity index (χ2v) is 3.19. The summed E-state index contributed by atoms with van der Waals surface area (Å²) in [6, 6.07) is 3.48. The van der Waals surface area contributed by atoms with Crippen molar-refractivity contribution in [2.75, 3.05) is 7.11 Å². The number of aromatic amines is 1. The molecule has 0 aliphatic heterocycles. The molecule has 0 atom stereocenters. The van der Waals surface area contributed by atoms with Crippen molar-refractivity contribution < 1.29 is 9.53 Å². The Morgan fingerprint density at radius 2 is 2.31 bits per heavy atom. The highest BCUT2D eigenvalue weighted by Crippen LogP contribution is 2.20. The topological polar surface area (TPSA) is 55.0 Å². The number of hydrogen-bond acceptors (Lipinski definition) is 3. The summed E-state index contributed by atoms with van der Waals surface area (Å²) in [4.78, 5) is 11.5. The fourth-order valence-electron chi connectivity index (χ4n) is 1.56. The number of carbonyl (C=O) groups is 1. The molecule has 0 radical (unpaired) electrons. The molecule has 1 aromatic carbocycles. The van der Waals surface area contributed by atoms with Gasteiger partial charge < -0.3 is 4.74 Å². The second-order valence-electron chi connectivity index (χ2n) is 3.19. The molecule has 0 unspecified atom stereocenters. The third-order valence-electron chi connectivity index (χ3n) is 2.28. The maximum Gasteiger partial charge on any atom is 0.340 e. The fourth-order valence-corrected chi connectivity index (χ4v) is 1.56. The van der Waals surface area contributed by atoms with Gasteiger partial charge in [-0.15, -0.1) is 5.92 Å². The zero-order valence-corrected chi connectivity index (χ0v) is 9.00. The van der Waals surface area contributed by atoms with Crippen LogP contribution in [0, 0.1) is 11.8 Å². The van der Waals surface area contributed by atoms with E-state index in [1.54, 1.807) is 25.3 Å². The quantitative estimate of drug-likeness (QED) is 0.581. The minimum atomic E-state index is -0.384. The van der Waals surface area contributed by atoms with Crippen LogP contribution in [0.3, 0.4) is 0 Å². The number of nitrogens with zero attached hydrogens (tertiary/aromatic N) is 1. The number of methoxy groups -OCH3 is 1. The van der Waals surface area contributed by atoms with Crippen LogP contribution in [0.15, 0.2) is 18.3 Å². The number of ether oxygens (including phenoxy) is 1. The summed E-state index contributed by atoms with van der Waals surface area (Å²) in [5, 5.41) is 7.54. The average molecular weight is 214 g/mol. The van der Waals surface area contributed by atoms with E-state index >= 15 is 0 Å². The van der Waals surface area contributed by atoms with Crippen LogP contribution in [0.2, 0.25) is 0 Å². The van der Waals surface area contributed by atoms with Crippen molar-refractivity contribution in [1.82, 2.24) is 10.2 Å². The van der Waals surface area contributed by atoms with Gasteiger partial charge in [-0.25, -0.2) is 4.79 Å². The minimum absolute atomic E-state index is 0.384. The van der Waals surface area contributed by atoms with Crippen LogP contribution < -0.4 is 0 Å². The van der Waals surface area contributed by atoms with Crippen LogP contribution in [0.5, 0.6) is 0 Å². The molecular weight excluding hydrogens is 204 g/mol. The summed E-state index contributed by atoms with van der Waals surface area (Å²) in [5.74, 6) is 5.40. The third kappa shape index (κ3) is 1.52. The summed E-state index contributed by atoms with van der Waals surface area (Å²) in [5.41, 5.74) is 1.97. The normalized spacial score (nSPS) is 9.62. The van der Waals surface area contributed by atoms with Gasteiger partial charge in [0.25, 0.3) is 0 Å². The van der Waals surface area contributed by atoms with Crippen molar-refractivity contribution in [1.29, 1.82) is 0 Å². The van der Waals surface area contributed by atoms with E-state index in [1.807, 2.05) is 0 Å². The van der Waals surface area contributed by atoms with Crippen LogP contribution in [-0.2, 0) is 4.74 Å². The first-order valence-corrected chi connectivity index (χ1v) is 4.75. The molecule has 0 spiro atoms. The average Bonchev–Trinajstić information content (AvgIpc) is 2.78. The molecule has 4 nitrogen and oxygen atoms in total. The Morgan fingerprint density at radius 1 is 1.50 bits per heavy atom. The highest BCUT2D eigenvalue weighted by Gasteiger charge is 2.13. The van der Waals surface area contributed by atoms with E-state index in [9.17, 15) is 4.79 Å². The molecule has 1 N–H and O–H groups in total. The third-order valence-corrected chi connectivity index (χ3v) is 2.28. The molecule has 1 heterocycles. The minimum Gasteiger partial charge on any atom is -0.465 e. The van der Waals surface area contributed by atoms with E-state index < -0.39 is 0 Å². The fraction of sp³-hybridized carbons (Fsp3) is 0.167. The Labute approximate surface area is 92.6 Å². The largest absolute Gasteiger partial charge is 0.465 e. The van der Waals surface area contributed by atoms with Gasteiger partial charge in [-0.05, 0) is 19.1 Å². The molecule has 0 bridgehead atoms. The Bertz CT molecular complexity index is 602. The molecule has 0 fully saturated rings. The number of benzene rings is 1. The lowest BCUT2D eigenvalue weighted by molar-refractivity contribution is 0.0603. The Kier molecular flexibility index (Phi) is 2.61. The van der Waals surface area contributed by atoms with E-state index in [4.69, 9.17) is 4.74 Å². The summed E-state index contributed by atoms with van der Waals surface area (Å²) in [6.45, 7) is 1.76. The zero-order valence-electron chi connectivity index (χ0n) is 9.00. The summed E-state index contributed by atoms with van der Waals surface area (Å²) < 4.78 is 4.69. The van der Waals surface area contributed by atoms with E-state index in [2.05, 4.69) is 22.0 Å². The van der Waals surface area contributed by atoms with Gasteiger partial charge in [0.2, 0.25) is 0 Å². The molecule has 0 aliphatic carbocycles. The monoisotopic (exact) mass is 214 g/mol. The molecule has 0 saturated carbocycles. The van der Waals surface area contributed by atoms with Gasteiger partial charge in [0.05, 0.1) is 24.4 Å². The van der Waals surface area contributed by atoms with Gasteiger partial charge in [0, 0.05) is 10.9 Å². The van der Waals surface area contributed by atoms with E-state index in [0.717, 1.165) is 10.9 Å². The van der Waals surface area contributed by atoms with Crippen LogP contribution >= 0.6 is 0 Å². The number of H-pyrrole nitrogens is 1. The van der Waals surface area contributed by atoms with Crippen molar-refractivity contribution in [2.24, 2.45) is 0 Å². The van der Waals surface area contributed by atoms with Crippen LogP contribution in [0.4, 0.5) is 0 Å². The van der Waals surface area contributed by atoms with Gasteiger partial charge in [-0.2, -0.15) is 5.10 Å². The molecular formula is C12H10N2O2. The first-order chi connectivity index (χ1) is 7.77. The molecule has 1 aromatic heterocycles.